The summed E-state index contributed by atoms with van der Waals surface area (Å²) in [5, 5.41) is 3.14. The molecule has 4 nitrogen and oxygen atoms in total. The molecule has 80 valence electrons. The zero-order chi connectivity index (χ0) is 9.80. The Bertz CT molecular complexity index is 196. The van der Waals surface area contributed by atoms with Crippen LogP contribution < -0.4 is 5.32 Å². The molecule has 0 saturated carbocycles. The van der Waals surface area contributed by atoms with E-state index in [1.54, 1.807) is 0 Å². The van der Waals surface area contributed by atoms with Gasteiger partial charge in [-0.15, -0.1) is 0 Å². The van der Waals surface area contributed by atoms with Gasteiger partial charge in [-0.25, -0.2) is 0 Å². The lowest BCUT2D eigenvalue weighted by Crippen LogP contribution is -2.36. The number of hydrogen-bond donors (Lipinski definition) is 1. The van der Waals surface area contributed by atoms with Crippen LogP contribution in [0.2, 0.25) is 0 Å². The maximum atomic E-state index is 11.6. The predicted molar refractivity (Wildman–Crippen MR) is 51.0 cm³/mol. The van der Waals surface area contributed by atoms with Crippen molar-refractivity contribution in [2.24, 2.45) is 0 Å². The summed E-state index contributed by atoms with van der Waals surface area (Å²) in [5.41, 5.74) is 0. The molecule has 1 N–H and O–H groups in total. The van der Waals surface area contributed by atoms with Gasteiger partial charge >= 0.3 is 5.97 Å². The van der Waals surface area contributed by atoms with Crippen molar-refractivity contribution in [2.75, 3.05) is 19.8 Å². The third-order valence-electron chi connectivity index (χ3n) is 2.80. The first-order valence-corrected chi connectivity index (χ1v) is 5.38. The fourth-order valence-corrected chi connectivity index (χ4v) is 1.93. The van der Waals surface area contributed by atoms with Gasteiger partial charge in [0, 0.05) is 12.8 Å². The molecule has 2 fully saturated rings. The molecule has 2 aliphatic heterocycles. The largest absolute Gasteiger partial charge is 0.461 e. The Morgan fingerprint density at radius 3 is 2.71 bits per heavy atom. The normalized spacial score (nSPS) is 29.0. The highest BCUT2D eigenvalue weighted by molar-refractivity contribution is 5.76. The van der Waals surface area contributed by atoms with Crippen LogP contribution in [-0.4, -0.2) is 37.9 Å². The molecule has 2 aliphatic rings. The molecule has 0 aromatic carbocycles. The third kappa shape index (κ3) is 2.45. The minimum Gasteiger partial charge on any atom is -0.461 e. The van der Waals surface area contributed by atoms with Crippen LogP contribution in [0, 0.1) is 0 Å². The monoisotopic (exact) mass is 199 g/mol. The summed E-state index contributed by atoms with van der Waals surface area (Å²) in [5.74, 6) is -0.0746. The second-order valence-electron chi connectivity index (χ2n) is 3.90. The summed E-state index contributed by atoms with van der Waals surface area (Å²) in [6.45, 7) is 2.37. The van der Waals surface area contributed by atoms with E-state index in [1.165, 1.54) is 0 Å². The lowest BCUT2D eigenvalue weighted by Gasteiger charge is -2.23. The van der Waals surface area contributed by atoms with E-state index in [-0.39, 0.29) is 18.1 Å². The Labute approximate surface area is 84.0 Å². The molecule has 0 aromatic heterocycles. The zero-order valence-corrected chi connectivity index (χ0v) is 8.33. The van der Waals surface area contributed by atoms with Crippen LogP contribution in [0.4, 0.5) is 0 Å². The molecule has 0 unspecified atom stereocenters. The highest BCUT2D eigenvalue weighted by Crippen LogP contribution is 2.14. The highest BCUT2D eigenvalue weighted by atomic mass is 16.6. The average molecular weight is 199 g/mol. The summed E-state index contributed by atoms with van der Waals surface area (Å²) in [4.78, 5) is 11.6. The van der Waals surface area contributed by atoms with Gasteiger partial charge in [0.25, 0.3) is 0 Å². The fraction of sp³-hybridized carbons (Fsp3) is 0.900. The number of carbonyl (C=O) groups excluding carboxylic acids is 1. The number of rotatable bonds is 2. The summed E-state index contributed by atoms with van der Waals surface area (Å²) in [6, 6.07) is -0.0576. The lowest BCUT2D eigenvalue weighted by molar-refractivity contribution is -0.155. The van der Waals surface area contributed by atoms with Gasteiger partial charge in [0.1, 0.15) is 12.1 Å². The number of esters is 1. The lowest BCUT2D eigenvalue weighted by atomic mass is 10.1. The van der Waals surface area contributed by atoms with Crippen LogP contribution in [0.1, 0.15) is 25.7 Å². The minimum atomic E-state index is -0.0746. The summed E-state index contributed by atoms with van der Waals surface area (Å²) in [7, 11) is 0. The van der Waals surface area contributed by atoms with Gasteiger partial charge in [-0.2, -0.15) is 0 Å². The molecule has 1 atom stereocenters. The SMILES string of the molecule is O=C(OC1CCOCC1)[C@H]1CCCN1. The van der Waals surface area contributed by atoms with Crippen LogP contribution in [0.15, 0.2) is 0 Å². The van der Waals surface area contributed by atoms with Crippen LogP contribution >= 0.6 is 0 Å². The van der Waals surface area contributed by atoms with Gasteiger partial charge in [0.05, 0.1) is 13.2 Å². The quantitative estimate of drug-likeness (QED) is 0.656. The Hall–Kier alpha value is -0.610. The summed E-state index contributed by atoms with van der Waals surface area (Å²) >= 11 is 0. The Kier molecular flexibility index (Phi) is 3.37. The van der Waals surface area contributed by atoms with E-state index in [2.05, 4.69) is 5.32 Å². The van der Waals surface area contributed by atoms with Crippen molar-refractivity contribution >= 4 is 5.97 Å². The molecule has 0 bridgehead atoms. The van der Waals surface area contributed by atoms with E-state index < -0.39 is 0 Å². The molecule has 0 amide bonds. The van der Waals surface area contributed by atoms with E-state index in [0.717, 1.165) is 45.4 Å². The zero-order valence-electron chi connectivity index (χ0n) is 8.33. The summed E-state index contributed by atoms with van der Waals surface area (Å²) in [6.07, 6.45) is 3.77. The number of carbonyl (C=O) groups is 1. The van der Waals surface area contributed by atoms with Gasteiger partial charge in [-0.1, -0.05) is 0 Å². The molecule has 14 heavy (non-hydrogen) atoms. The van der Waals surface area contributed by atoms with Crippen molar-refractivity contribution in [1.29, 1.82) is 0 Å². The molecule has 0 aromatic rings. The molecular formula is C10H17NO3. The van der Waals surface area contributed by atoms with E-state index >= 15 is 0 Å². The Morgan fingerprint density at radius 1 is 1.29 bits per heavy atom. The van der Waals surface area contributed by atoms with Gasteiger partial charge in [0.15, 0.2) is 0 Å². The average Bonchev–Trinajstić information content (AvgIpc) is 2.72. The molecule has 2 heterocycles. The highest BCUT2D eigenvalue weighted by Gasteiger charge is 2.26. The second kappa shape index (κ2) is 4.75. The topological polar surface area (TPSA) is 47.6 Å². The number of nitrogens with one attached hydrogen (secondary N) is 1. The molecule has 0 spiro atoms. The van der Waals surface area contributed by atoms with E-state index in [9.17, 15) is 4.79 Å². The minimum absolute atomic E-state index is 0.0576. The van der Waals surface area contributed by atoms with Crippen molar-refractivity contribution < 1.29 is 14.3 Å². The summed E-state index contributed by atoms with van der Waals surface area (Å²) < 4.78 is 10.6. The van der Waals surface area contributed by atoms with Crippen LogP contribution in [-0.2, 0) is 14.3 Å². The molecule has 2 rings (SSSR count). The van der Waals surface area contributed by atoms with Gasteiger partial charge in [-0.3, -0.25) is 4.79 Å². The first kappa shape index (κ1) is 9.93. The number of hydrogen-bond acceptors (Lipinski definition) is 4. The van der Waals surface area contributed by atoms with E-state index in [1.807, 2.05) is 0 Å². The van der Waals surface area contributed by atoms with Gasteiger partial charge < -0.3 is 14.8 Å². The van der Waals surface area contributed by atoms with Crippen molar-refractivity contribution in [3.05, 3.63) is 0 Å². The van der Waals surface area contributed by atoms with Gasteiger partial charge in [-0.05, 0) is 19.4 Å². The van der Waals surface area contributed by atoms with Crippen molar-refractivity contribution in [1.82, 2.24) is 5.32 Å². The van der Waals surface area contributed by atoms with Crippen LogP contribution in [0.5, 0.6) is 0 Å². The van der Waals surface area contributed by atoms with Crippen molar-refractivity contribution in [3.63, 3.8) is 0 Å². The Balaban J connectivity index is 1.75. The maximum absolute atomic E-state index is 11.6. The van der Waals surface area contributed by atoms with E-state index in [0.29, 0.717) is 0 Å². The smallest absolute Gasteiger partial charge is 0.323 e. The van der Waals surface area contributed by atoms with Gasteiger partial charge in [0.2, 0.25) is 0 Å². The predicted octanol–water partition coefficient (Wildman–Crippen LogP) is 0.461. The molecule has 0 aliphatic carbocycles. The third-order valence-corrected chi connectivity index (χ3v) is 2.80. The van der Waals surface area contributed by atoms with Crippen LogP contribution in [0.25, 0.3) is 0 Å². The Morgan fingerprint density at radius 2 is 2.07 bits per heavy atom. The molecule has 2 saturated heterocycles. The molecule has 0 radical (unpaired) electrons. The molecule has 4 heteroatoms. The van der Waals surface area contributed by atoms with Crippen molar-refractivity contribution in [3.8, 4) is 0 Å². The first-order chi connectivity index (χ1) is 6.86. The first-order valence-electron chi connectivity index (χ1n) is 5.38. The van der Waals surface area contributed by atoms with E-state index in [4.69, 9.17) is 9.47 Å². The van der Waals surface area contributed by atoms with Crippen molar-refractivity contribution in [2.45, 2.75) is 37.8 Å². The fourth-order valence-electron chi connectivity index (χ4n) is 1.93. The standard InChI is InChI=1S/C10H17NO3/c12-10(9-2-1-5-11-9)14-8-3-6-13-7-4-8/h8-9,11H,1-7H2/t9-/m1/s1. The number of ether oxygens (including phenoxy) is 2. The van der Waals surface area contributed by atoms with Crippen LogP contribution in [0.3, 0.4) is 0 Å². The maximum Gasteiger partial charge on any atom is 0.323 e. The molecular weight excluding hydrogens is 182 g/mol. The second-order valence-corrected chi connectivity index (χ2v) is 3.90.